The van der Waals surface area contributed by atoms with Crippen molar-refractivity contribution in [3.8, 4) is 22.3 Å². The largest absolute Gasteiger partial charge is 0.478 e. The zero-order chi connectivity index (χ0) is 56.1. The quantitative estimate of drug-likeness (QED) is 0.106. The second kappa shape index (κ2) is 24.9. The highest BCUT2D eigenvalue weighted by atomic mass is 16.5. The molecule has 11 heteroatoms. The number of hydrogen-bond acceptors (Lipinski definition) is 9. The lowest BCUT2D eigenvalue weighted by Crippen LogP contribution is -2.14. The van der Waals surface area contributed by atoms with Gasteiger partial charge < -0.3 is 25.6 Å². The summed E-state index contributed by atoms with van der Waals surface area (Å²) in [6.07, 6.45) is 0. The first-order valence-corrected chi connectivity index (χ1v) is 25.8. The molecule has 396 valence electrons. The number of aromatic nitrogens is 2. The van der Waals surface area contributed by atoms with Crippen molar-refractivity contribution in [2.75, 3.05) is 11.1 Å². The first-order chi connectivity index (χ1) is 37.9. The average Bonchev–Trinajstić information content (AvgIpc) is 3.49. The molecule has 0 aliphatic carbocycles. The number of nitrogens with zero attached hydrogens (tertiary/aromatic N) is 2. The van der Waals surface area contributed by atoms with Crippen LogP contribution in [-0.4, -0.2) is 38.9 Å². The van der Waals surface area contributed by atoms with E-state index in [-0.39, 0.29) is 35.9 Å². The van der Waals surface area contributed by atoms with E-state index < -0.39 is 11.9 Å². The van der Waals surface area contributed by atoms with Gasteiger partial charge >= 0.3 is 17.9 Å². The zero-order valence-corrected chi connectivity index (χ0v) is 45.1. The van der Waals surface area contributed by atoms with E-state index >= 15 is 0 Å². The summed E-state index contributed by atoms with van der Waals surface area (Å²) in [7, 11) is 0. The van der Waals surface area contributed by atoms with Gasteiger partial charge in [0, 0.05) is 16.3 Å². The van der Waals surface area contributed by atoms with E-state index in [1.54, 1.807) is 60.7 Å². The fourth-order valence-corrected chi connectivity index (χ4v) is 8.54. The fraction of sp³-hybridized carbons (Fsp3) is 0.147. The molecule has 10 aromatic rings. The van der Waals surface area contributed by atoms with Gasteiger partial charge in [0.25, 0.3) is 5.91 Å². The molecule has 0 saturated heterocycles. The van der Waals surface area contributed by atoms with Crippen LogP contribution in [0.4, 0.5) is 11.6 Å². The second-order valence-corrected chi connectivity index (χ2v) is 20.9. The van der Waals surface area contributed by atoms with Gasteiger partial charge in [-0.2, -0.15) is 0 Å². The van der Waals surface area contributed by atoms with Crippen molar-refractivity contribution in [3.05, 3.63) is 263 Å². The summed E-state index contributed by atoms with van der Waals surface area (Å²) < 4.78 is 10.7. The number of nitrogens with two attached hydrogens (primary N) is 1. The molecule has 0 atom stereocenters. The lowest BCUT2D eigenvalue weighted by atomic mass is 9.86. The van der Waals surface area contributed by atoms with Gasteiger partial charge in [-0.05, 0) is 128 Å². The van der Waals surface area contributed by atoms with Crippen molar-refractivity contribution in [3.63, 3.8) is 0 Å². The van der Waals surface area contributed by atoms with E-state index in [0.717, 1.165) is 49.7 Å². The number of aromatic carboxylic acids is 1. The van der Waals surface area contributed by atoms with Gasteiger partial charge in [-0.15, -0.1) is 0 Å². The summed E-state index contributed by atoms with van der Waals surface area (Å²) in [5.41, 5.74) is 17.0. The number of amides is 1. The molecule has 1 amide bonds. The molecule has 2 aromatic heterocycles. The van der Waals surface area contributed by atoms with Crippen LogP contribution in [0.1, 0.15) is 105 Å². The standard InChI is InChI=1S/C34H30N2O3.C17H14N2O2.C17H18O2/c1-34(2,3)27-17-13-24(14-18-27)28-11-7-8-12-29(28)32(37)36-31-20-16-25-21-26(15-19-30(25)35-31)33(38)39-22-23-9-5-4-6-10-23;18-16-9-7-13-10-14(6-8-15(13)19-16)17(20)21-11-12-4-2-1-3-5-12;1-17(2,3)13-10-8-12(9-11-13)14-6-4-5-7-15(14)16(18)19/h4-21H,22H2,1-3H3,(H,35,36,37);1-10H,11H2,(H2,18,19);4-11H,1-3H3,(H,18,19). The van der Waals surface area contributed by atoms with Crippen LogP contribution in [0.2, 0.25) is 0 Å². The Balaban J connectivity index is 0.000000172. The van der Waals surface area contributed by atoms with Crippen LogP contribution in [0.3, 0.4) is 0 Å². The number of hydrogen-bond donors (Lipinski definition) is 3. The third kappa shape index (κ3) is 14.8. The normalized spacial score (nSPS) is 11.1. The summed E-state index contributed by atoms with van der Waals surface area (Å²) in [6, 6.07) is 67.8. The molecule has 0 saturated carbocycles. The predicted octanol–water partition coefficient (Wildman–Crippen LogP) is 15.3. The van der Waals surface area contributed by atoms with Gasteiger partial charge in [0.1, 0.15) is 24.8 Å². The van der Waals surface area contributed by atoms with Crippen LogP contribution in [-0.2, 0) is 33.5 Å². The Labute approximate surface area is 460 Å². The maximum atomic E-state index is 13.3. The number of nitrogen functional groups attached to an aromatic ring is 1. The number of carbonyl (C=O) groups is 4. The SMILES string of the molecule is CC(C)(C)c1ccc(-c2ccccc2C(=O)Nc2ccc3cc(C(=O)OCc4ccccc4)ccc3n2)cc1.CC(C)(C)c1ccc(-c2ccccc2C(=O)O)cc1.Nc1ccc2cc(C(=O)OCc3ccccc3)ccc2n1. The summed E-state index contributed by atoms with van der Waals surface area (Å²) in [5, 5.41) is 13.8. The minimum absolute atomic E-state index is 0.0560. The molecule has 8 aromatic carbocycles. The van der Waals surface area contributed by atoms with E-state index in [9.17, 15) is 24.3 Å². The van der Waals surface area contributed by atoms with Crippen LogP contribution in [0, 0.1) is 0 Å². The maximum Gasteiger partial charge on any atom is 0.338 e. The number of esters is 2. The number of carboxylic acid groups (broad SMARTS) is 1. The van der Waals surface area contributed by atoms with Crippen LogP contribution >= 0.6 is 0 Å². The monoisotopic (exact) mass is 1050 g/mol. The van der Waals surface area contributed by atoms with Crippen molar-refractivity contribution >= 4 is 57.3 Å². The first-order valence-electron chi connectivity index (χ1n) is 25.8. The zero-order valence-electron chi connectivity index (χ0n) is 45.1. The molecule has 0 unspecified atom stereocenters. The van der Waals surface area contributed by atoms with E-state index in [1.807, 2.05) is 121 Å². The number of nitrogens with one attached hydrogen (secondary N) is 1. The Bertz CT molecular complexity index is 3760. The molecule has 0 fully saturated rings. The van der Waals surface area contributed by atoms with Crippen LogP contribution in [0.15, 0.2) is 218 Å². The van der Waals surface area contributed by atoms with Crippen molar-refractivity contribution in [1.82, 2.24) is 9.97 Å². The maximum absolute atomic E-state index is 13.3. The van der Waals surface area contributed by atoms with Crippen LogP contribution in [0.25, 0.3) is 44.1 Å². The summed E-state index contributed by atoms with van der Waals surface area (Å²) in [5.74, 6) is -0.983. The highest BCUT2D eigenvalue weighted by Gasteiger charge is 2.19. The Morgan fingerprint density at radius 3 is 1.35 bits per heavy atom. The van der Waals surface area contributed by atoms with Crippen molar-refractivity contribution < 1.29 is 33.8 Å². The van der Waals surface area contributed by atoms with Gasteiger partial charge in [-0.25, -0.2) is 24.4 Å². The van der Waals surface area contributed by atoms with E-state index in [4.69, 9.17) is 15.2 Å². The molecular formula is C68H62N4O7. The Morgan fingerprint density at radius 2 is 0.886 bits per heavy atom. The summed E-state index contributed by atoms with van der Waals surface area (Å²) in [6.45, 7) is 13.5. The minimum Gasteiger partial charge on any atom is -0.478 e. The number of fused-ring (bicyclic) bond motifs is 2. The van der Waals surface area contributed by atoms with Crippen LogP contribution < -0.4 is 11.1 Å². The molecule has 10 rings (SSSR count). The van der Waals surface area contributed by atoms with Gasteiger partial charge in [-0.3, -0.25) is 4.79 Å². The molecule has 0 aliphatic heterocycles. The van der Waals surface area contributed by atoms with Crippen molar-refractivity contribution in [1.29, 1.82) is 0 Å². The number of pyridine rings is 2. The van der Waals surface area contributed by atoms with E-state index in [0.29, 0.717) is 39.4 Å². The number of benzene rings is 8. The van der Waals surface area contributed by atoms with Crippen molar-refractivity contribution in [2.45, 2.75) is 65.6 Å². The average molecular weight is 1050 g/mol. The smallest absolute Gasteiger partial charge is 0.338 e. The van der Waals surface area contributed by atoms with Gasteiger partial charge in [0.05, 0.1) is 27.7 Å². The number of carboxylic acids is 1. The lowest BCUT2D eigenvalue weighted by molar-refractivity contribution is 0.0464. The first kappa shape index (κ1) is 55.5. The molecule has 11 nitrogen and oxygen atoms in total. The highest BCUT2D eigenvalue weighted by Crippen LogP contribution is 2.31. The molecule has 79 heavy (non-hydrogen) atoms. The third-order valence-corrected chi connectivity index (χ3v) is 13.0. The fourth-order valence-electron chi connectivity index (χ4n) is 8.54. The van der Waals surface area contributed by atoms with Gasteiger partial charge in [-0.1, -0.05) is 187 Å². The Morgan fingerprint density at radius 1 is 0.468 bits per heavy atom. The third-order valence-electron chi connectivity index (χ3n) is 13.0. The predicted molar refractivity (Wildman–Crippen MR) is 315 cm³/mol. The number of rotatable bonds is 11. The molecule has 0 aliphatic rings. The van der Waals surface area contributed by atoms with Crippen LogP contribution in [0.5, 0.6) is 0 Å². The summed E-state index contributed by atoms with van der Waals surface area (Å²) in [4.78, 5) is 57.9. The highest BCUT2D eigenvalue weighted by molar-refractivity contribution is 6.09. The molecular weight excluding hydrogens is 985 g/mol. The van der Waals surface area contributed by atoms with E-state index in [1.165, 1.54) is 11.1 Å². The van der Waals surface area contributed by atoms with Crippen molar-refractivity contribution in [2.24, 2.45) is 0 Å². The molecule has 0 radical (unpaired) electrons. The molecule has 2 heterocycles. The number of ether oxygens (including phenoxy) is 2. The Kier molecular flexibility index (Phi) is 17.5. The number of carbonyl (C=O) groups excluding carboxylic acids is 3. The Hall–Kier alpha value is -9.74. The summed E-state index contributed by atoms with van der Waals surface area (Å²) >= 11 is 0. The molecule has 4 N–H and O–H groups in total. The minimum atomic E-state index is -0.893. The van der Waals surface area contributed by atoms with E-state index in [2.05, 4.69) is 93.2 Å². The topological polar surface area (TPSA) is 171 Å². The second-order valence-electron chi connectivity index (χ2n) is 20.9. The number of anilines is 2. The molecule has 0 bridgehead atoms. The van der Waals surface area contributed by atoms with Gasteiger partial charge in [0.2, 0.25) is 0 Å². The lowest BCUT2D eigenvalue weighted by Gasteiger charge is -2.19. The van der Waals surface area contributed by atoms with Gasteiger partial charge in [0.15, 0.2) is 0 Å². The molecule has 0 spiro atoms.